The minimum Gasteiger partial charge on any atom is -0.346 e. The highest BCUT2D eigenvalue weighted by Crippen LogP contribution is 2.31. The number of aromatic nitrogens is 4. The van der Waals surface area contributed by atoms with Crippen molar-refractivity contribution in [1.29, 1.82) is 0 Å². The largest absolute Gasteiger partial charge is 0.346 e. The van der Waals surface area contributed by atoms with Crippen molar-refractivity contribution in [2.24, 2.45) is 0 Å². The number of hydrogen-bond acceptors (Lipinski definition) is 4. The first kappa shape index (κ1) is 13.5. The molecule has 5 nitrogen and oxygen atoms in total. The molecule has 0 aliphatic carbocycles. The van der Waals surface area contributed by atoms with Gasteiger partial charge in [-0.3, -0.25) is 0 Å². The van der Waals surface area contributed by atoms with Crippen LogP contribution in [0.4, 0.5) is 11.5 Å². The summed E-state index contributed by atoms with van der Waals surface area (Å²) in [6.07, 6.45) is 5.21. The smallest absolute Gasteiger partial charge is 0.141 e. The summed E-state index contributed by atoms with van der Waals surface area (Å²) in [4.78, 5) is 16.3. The van der Waals surface area contributed by atoms with E-state index in [1.54, 1.807) is 12.5 Å². The Bertz CT molecular complexity index is 974. The maximum atomic E-state index is 4.50. The highest BCUT2D eigenvalue weighted by molar-refractivity contribution is 5.94. The standard InChI is InChI=1S/C18H15N5/c1-12-5-2-3-7-15(12)23-18-13(6-4-9-19-18)16-14-8-10-20-17(14)22-11-21-16/h2-11H,1H3,(H,19,23)(H,20,21,22). The van der Waals surface area contributed by atoms with Gasteiger partial charge in [0.2, 0.25) is 0 Å². The molecular weight excluding hydrogens is 286 g/mol. The van der Waals surface area contributed by atoms with Gasteiger partial charge in [-0.05, 0) is 36.8 Å². The van der Waals surface area contributed by atoms with Crippen LogP contribution in [0.5, 0.6) is 0 Å². The Morgan fingerprint density at radius 3 is 2.78 bits per heavy atom. The number of aromatic amines is 1. The number of anilines is 2. The predicted octanol–water partition coefficient (Wildman–Crippen LogP) is 4.07. The van der Waals surface area contributed by atoms with Crippen LogP contribution in [0.25, 0.3) is 22.3 Å². The molecule has 2 N–H and O–H groups in total. The van der Waals surface area contributed by atoms with Gasteiger partial charge in [0.15, 0.2) is 0 Å². The number of aryl methyl sites for hydroxylation is 1. The van der Waals surface area contributed by atoms with Gasteiger partial charge in [0.05, 0.1) is 5.69 Å². The van der Waals surface area contributed by atoms with E-state index in [1.165, 1.54) is 5.56 Å². The number of fused-ring (bicyclic) bond motifs is 1. The molecule has 1 aromatic carbocycles. The number of hydrogen-bond donors (Lipinski definition) is 2. The molecule has 5 heteroatoms. The van der Waals surface area contributed by atoms with Gasteiger partial charge in [0.25, 0.3) is 0 Å². The Kier molecular flexibility index (Phi) is 3.24. The molecule has 0 aliphatic rings. The monoisotopic (exact) mass is 301 g/mol. The summed E-state index contributed by atoms with van der Waals surface area (Å²) >= 11 is 0. The van der Waals surface area contributed by atoms with Crippen molar-refractivity contribution < 1.29 is 0 Å². The van der Waals surface area contributed by atoms with E-state index >= 15 is 0 Å². The molecule has 0 saturated carbocycles. The van der Waals surface area contributed by atoms with Crippen LogP contribution in [0.2, 0.25) is 0 Å². The fourth-order valence-corrected chi connectivity index (χ4v) is 2.62. The summed E-state index contributed by atoms with van der Waals surface area (Å²) in [6, 6.07) is 14.1. The number of H-pyrrole nitrogens is 1. The lowest BCUT2D eigenvalue weighted by molar-refractivity contribution is 1.19. The van der Waals surface area contributed by atoms with Crippen molar-refractivity contribution in [2.75, 3.05) is 5.32 Å². The molecule has 4 aromatic rings. The number of pyridine rings is 1. The molecule has 0 spiro atoms. The fourth-order valence-electron chi connectivity index (χ4n) is 2.62. The van der Waals surface area contributed by atoms with E-state index in [0.717, 1.165) is 33.8 Å². The molecule has 0 amide bonds. The molecule has 0 bridgehead atoms. The van der Waals surface area contributed by atoms with E-state index in [-0.39, 0.29) is 0 Å². The van der Waals surface area contributed by atoms with Crippen molar-refractivity contribution in [3.05, 3.63) is 66.7 Å². The van der Waals surface area contributed by atoms with Gasteiger partial charge in [-0.1, -0.05) is 18.2 Å². The number of rotatable bonds is 3. The first-order chi connectivity index (χ1) is 11.3. The van der Waals surface area contributed by atoms with Gasteiger partial charge >= 0.3 is 0 Å². The van der Waals surface area contributed by atoms with E-state index in [0.29, 0.717) is 0 Å². The van der Waals surface area contributed by atoms with Gasteiger partial charge < -0.3 is 10.3 Å². The molecule has 3 aromatic heterocycles. The summed E-state index contributed by atoms with van der Waals surface area (Å²) in [5.41, 5.74) is 4.83. The topological polar surface area (TPSA) is 66.5 Å². The number of nitrogens with zero attached hydrogens (tertiary/aromatic N) is 3. The van der Waals surface area contributed by atoms with Crippen LogP contribution in [0.15, 0.2) is 61.2 Å². The van der Waals surface area contributed by atoms with Gasteiger partial charge in [-0.15, -0.1) is 0 Å². The molecule has 0 atom stereocenters. The third kappa shape index (κ3) is 2.42. The normalized spacial score (nSPS) is 10.8. The Morgan fingerprint density at radius 2 is 1.87 bits per heavy atom. The van der Waals surface area contributed by atoms with Crippen molar-refractivity contribution in [1.82, 2.24) is 19.9 Å². The van der Waals surface area contributed by atoms with E-state index in [4.69, 9.17) is 0 Å². The van der Waals surface area contributed by atoms with Crippen LogP contribution in [0.3, 0.4) is 0 Å². The molecule has 0 radical (unpaired) electrons. The van der Waals surface area contributed by atoms with Crippen LogP contribution in [0.1, 0.15) is 5.56 Å². The molecule has 3 heterocycles. The van der Waals surface area contributed by atoms with E-state index in [2.05, 4.69) is 38.2 Å². The van der Waals surface area contributed by atoms with Gasteiger partial charge in [0.1, 0.15) is 17.8 Å². The highest BCUT2D eigenvalue weighted by atomic mass is 15.0. The van der Waals surface area contributed by atoms with Crippen molar-refractivity contribution >= 4 is 22.5 Å². The molecule has 4 rings (SSSR count). The first-order valence-corrected chi connectivity index (χ1v) is 7.39. The maximum absolute atomic E-state index is 4.50. The summed E-state index contributed by atoms with van der Waals surface area (Å²) in [7, 11) is 0. The van der Waals surface area contributed by atoms with E-state index in [9.17, 15) is 0 Å². The summed E-state index contributed by atoms with van der Waals surface area (Å²) < 4.78 is 0. The Balaban J connectivity index is 1.85. The van der Waals surface area contributed by atoms with Crippen molar-refractivity contribution in [2.45, 2.75) is 6.92 Å². The van der Waals surface area contributed by atoms with Crippen molar-refractivity contribution in [3.63, 3.8) is 0 Å². The quantitative estimate of drug-likeness (QED) is 0.598. The minimum absolute atomic E-state index is 0.781. The first-order valence-electron chi connectivity index (χ1n) is 7.39. The Labute approximate surface area is 133 Å². The Morgan fingerprint density at radius 1 is 0.957 bits per heavy atom. The van der Waals surface area contributed by atoms with Crippen LogP contribution in [-0.4, -0.2) is 19.9 Å². The maximum Gasteiger partial charge on any atom is 0.141 e. The number of para-hydroxylation sites is 1. The zero-order chi connectivity index (χ0) is 15.6. The molecule has 0 unspecified atom stereocenters. The van der Waals surface area contributed by atoms with Crippen LogP contribution in [0, 0.1) is 6.92 Å². The molecule has 23 heavy (non-hydrogen) atoms. The third-order valence-corrected chi connectivity index (χ3v) is 3.81. The third-order valence-electron chi connectivity index (χ3n) is 3.81. The average Bonchev–Trinajstić information content (AvgIpc) is 3.06. The zero-order valence-electron chi connectivity index (χ0n) is 12.6. The summed E-state index contributed by atoms with van der Waals surface area (Å²) in [5.74, 6) is 0.781. The number of benzene rings is 1. The second-order valence-corrected chi connectivity index (χ2v) is 5.30. The second-order valence-electron chi connectivity index (χ2n) is 5.30. The van der Waals surface area contributed by atoms with Crippen molar-refractivity contribution in [3.8, 4) is 11.3 Å². The fraction of sp³-hybridized carbons (Fsp3) is 0.0556. The predicted molar refractivity (Wildman–Crippen MR) is 91.6 cm³/mol. The van der Waals surface area contributed by atoms with Crippen LogP contribution < -0.4 is 5.32 Å². The molecule has 0 saturated heterocycles. The van der Waals surface area contributed by atoms with Crippen LogP contribution in [-0.2, 0) is 0 Å². The summed E-state index contributed by atoms with van der Waals surface area (Å²) in [5, 5.41) is 4.39. The lowest BCUT2D eigenvalue weighted by Crippen LogP contribution is -1.99. The SMILES string of the molecule is Cc1ccccc1Nc1ncccc1-c1ncnc2[nH]ccc12. The van der Waals surface area contributed by atoms with E-state index < -0.39 is 0 Å². The lowest BCUT2D eigenvalue weighted by Gasteiger charge is -2.12. The summed E-state index contributed by atoms with van der Waals surface area (Å²) in [6.45, 7) is 2.07. The second kappa shape index (κ2) is 5.53. The molecular formula is C18H15N5. The molecule has 112 valence electrons. The van der Waals surface area contributed by atoms with E-state index in [1.807, 2.05) is 42.6 Å². The highest BCUT2D eigenvalue weighted by Gasteiger charge is 2.12. The molecule has 0 aliphatic heterocycles. The zero-order valence-corrected chi connectivity index (χ0v) is 12.6. The van der Waals surface area contributed by atoms with Crippen LogP contribution >= 0.6 is 0 Å². The Hall–Kier alpha value is -3.21. The average molecular weight is 301 g/mol. The van der Waals surface area contributed by atoms with Gasteiger partial charge in [-0.2, -0.15) is 0 Å². The minimum atomic E-state index is 0.781. The molecule has 0 fully saturated rings. The number of nitrogens with one attached hydrogen (secondary N) is 2. The van der Waals surface area contributed by atoms with Gasteiger partial charge in [0, 0.05) is 29.0 Å². The van der Waals surface area contributed by atoms with Gasteiger partial charge in [-0.25, -0.2) is 15.0 Å². The lowest BCUT2D eigenvalue weighted by atomic mass is 10.1.